The summed E-state index contributed by atoms with van der Waals surface area (Å²) in [6.07, 6.45) is 1.67. The van der Waals surface area contributed by atoms with Crippen molar-refractivity contribution in [1.82, 2.24) is 9.80 Å². The number of benzene rings is 2. The van der Waals surface area contributed by atoms with Crippen LogP contribution in [0.2, 0.25) is 0 Å². The summed E-state index contributed by atoms with van der Waals surface area (Å²) in [5.41, 5.74) is 3.74. The van der Waals surface area contributed by atoms with Gasteiger partial charge in [-0.15, -0.1) is 11.3 Å². The van der Waals surface area contributed by atoms with Gasteiger partial charge in [0.2, 0.25) is 5.91 Å². The van der Waals surface area contributed by atoms with E-state index < -0.39 is 0 Å². The molecule has 0 atom stereocenters. The van der Waals surface area contributed by atoms with Gasteiger partial charge in [-0.25, -0.2) is 4.39 Å². The first kappa shape index (κ1) is 24.6. The maximum absolute atomic E-state index is 13.4. The SMILES string of the molecule is CCCN(CC(=O)N(Cc1ccc(F)cc1)Cc1sccc1C)C(=O)c1ccc(CC)cc1. The predicted molar refractivity (Wildman–Crippen MR) is 132 cm³/mol. The van der Waals surface area contributed by atoms with Crippen LogP contribution in [0.5, 0.6) is 0 Å². The molecule has 0 saturated heterocycles. The van der Waals surface area contributed by atoms with E-state index in [0.717, 1.165) is 28.8 Å². The second-order valence-electron chi connectivity index (χ2n) is 8.18. The lowest BCUT2D eigenvalue weighted by atomic mass is 10.1. The summed E-state index contributed by atoms with van der Waals surface area (Å²) < 4.78 is 13.4. The lowest BCUT2D eigenvalue weighted by Crippen LogP contribution is -2.42. The molecule has 0 aliphatic heterocycles. The Labute approximate surface area is 199 Å². The van der Waals surface area contributed by atoms with Gasteiger partial charge in [0, 0.05) is 23.5 Å². The van der Waals surface area contributed by atoms with Crippen molar-refractivity contribution in [2.75, 3.05) is 13.1 Å². The number of thiophene rings is 1. The highest BCUT2D eigenvalue weighted by Crippen LogP contribution is 2.20. The van der Waals surface area contributed by atoms with Gasteiger partial charge in [-0.2, -0.15) is 0 Å². The molecule has 1 aromatic heterocycles. The van der Waals surface area contributed by atoms with Crippen LogP contribution in [0.4, 0.5) is 4.39 Å². The van der Waals surface area contributed by atoms with Crippen molar-refractivity contribution in [2.45, 2.75) is 46.7 Å². The maximum atomic E-state index is 13.4. The average molecular weight is 467 g/mol. The van der Waals surface area contributed by atoms with Crippen molar-refractivity contribution < 1.29 is 14.0 Å². The van der Waals surface area contributed by atoms with E-state index in [0.29, 0.717) is 25.2 Å². The minimum Gasteiger partial charge on any atom is -0.332 e. The molecule has 0 unspecified atom stereocenters. The topological polar surface area (TPSA) is 40.6 Å². The fourth-order valence-electron chi connectivity index (χ4n) is 3.63. The summed E-state index contributed by atoms with van der Waals surface area (Å²) >= 11 is 1.61. The molecule has 2 amide bonds. The Morgan fingerprint density at radius 2 is 1.55 bits per heavy atom. The Hall–Kier alpha value is -2.99. The molecule has 6 heteroatoms. The molecule has 0 aliphatic rings. The van der Waals surface area contributed by atoms with E-state index in [2.05, 4.69) is 6.92 Å². The third-order valence-electron chi connectivity index (χ3n) is 5.66. The van der Waals surface area contributed by atoms with Crippen LogP contribution in [0, 0.1) is 12.7 Å². The van der Waals surface area contributed by atoms with Crippen LogP contribution in [0.3, 0.4) is 0 Å². The molecule has 33 heavy (non-hydrogen) atoms. The molecule has 0 N–H and O–H groups in total. The second-order valence-corrected chi connectivity index (χ2v) is 9.18. The molecule has 2 aromatic carbocycles. The average Bonchev–Trinajstić information content (AvgIpc) is 3.23. The van der Waals surface area contributed by atoms with Gasteiger partial charge >= 0.3 is 0 Å². The van der Waals surface area contributed by atoms with Crippen molar-refractivity contribution in [1.29, 1.82) is 0 Å². The number of halogens is 1. The Bertz CT molecular complexity index is 1060. The van der Waals surface area contributed by atoms with Crippen LogP contribution in [-0.2, 0) is 24.3 Å². The molecule has 4 nitrogen and oxygen atoms in total. The number of carbonyl (C=O) groups is 2. The van der Waals surface area contributed by atoms with Gasteiger partial charge in [0.1, 0.15) is 12.4 Å². The number of rotatable bonds is 10. The molecule has 0 bridgehead atoms. The fraction of sp³-hybridized carbons (Fsp3) is 0.333. The van der Waals surface area contributed by atoms with E-state index in [1.807, 2.05) is 49.6 Å². The summed E-state index contributed by atoms with van der Waals surface area (Å²) in [4.78, 5) is 31.1. The fourth-order valence-corrected chi connectivity index (χ4v) is 4.55. The van der Waals surface area contributed by atoms with Gasteiger partial charge in [0.05, 0.1) is 6.54 Å². The highest BCUT2D eigenvalue weighted by Gasteiger charge is 2.23. The zero-order valence-corrected chi connectivity index (χ0v) is 20.3. The van der Waals surface area contributed by atoms with Crippen LogP contribution in [-0.4, -0.2) is 34.7 Å². The monoisotopic (exact) mass is 466 g/mol. The second kappa shape index (κ2) is 11.8. The lowest BCUT2D eigenvalue weighted by Gasteiger charge is -2.28. The summed E-state index contributed by atoms with van der Waals surface area (Å²) in [5, 5.41) is 2.01. The standard InChI is InChI=1S/C27H31FN2O2S/c1-4-15-29(27(32)23-10-6-21(5-2)7-11-23)19-26(31)30(18-25-20(3)14-16-33-25)17-22-8-12-24(28)13-9-22/h6-14,16H,4-5,15,17-19H2,1-3H3. The first-order chi connectivity index (χ1) is 15.9. The molecule has 3 rings (SSSR count). The van der Waals surface area contributed by atoms with Gasteiger partial charge in [0.15, 0.2) is 0 Å². The summed E-state index contributed by atoms with van der Waals surface area (Å²) in [6, 6.07) is 15.8. The largest absolute Gasteiger partial charge is 0.332 e. The molecule has 1 heterocycles. The predicted octanol–water partition coefficient (Wildman–Crippen LogP) is 5.84. The van der Waals surface area contributed by atoms with Crippen molar-refractivity contribution in [3.63, 3.8) is 0 Å². The number of amides is 2. The van der Waals surface area contributed by atoms with Gasteiger partial charge in [-0.3, -0.25) is 9.59 Å². The zero-order valence-electron chi connectivity index (χ0n) is 19.5. The number of nitrogens with zero attached hydrogens (tertiary/aromatic N) is 2. The first-order valence-corrected chi connectivity index (χ1v) is 12.2. The van der Waals surface area contributed by atoms with E-state index in [4.69, 9.17) is 0 Å². The third kappa shape index (κ3) is 6.75. The quantitative estimate of drug-likeness (QED) is 0.377. The zero-order chi connectivity index (χ0) is 23.8. The normalized spacial score (nSPS) is 10.8. The number of aryl methyl sites for hydroxylation is 2. The minimum atomic E-state index is -0.306. The van der Waals surface area contributed by atoms with Gasteiger partial charge < -0.3 is 9.80 Å². The number of carbonyl (C=O) groups excluding carboxylic acids is 2. The molecule has 0 spiro atoms. The van der Waals surface area contributed by atoms with Crippen molar-refractivity contribution in [2.24, 2.45) is 0 Å². The molecular weight excluding hydrogens is 435 g/mol. The van der Waals surface area contributed by atoms with E-state index in [1.165, 1.54) is 17.7 Å². The summed E-state index contributed by atoms with van der Waals surface area (Å²) in [6.45, 7) is 7.42. The van der Waals surface area contributed by atoms with E-state index >= 15 is 0 Å². The van der Waals surface area contributed by atoms with Gasteiger partial charge in [-0.1, -0.05) is 38.1 Å². The van der Waals surface area contributed by atoms with Gasteiger partial charge in [-0.05, 0) is 72.2 Å². The van der Waals surface area contributed by atoms with E-state index in [1.54, 1.807) is 33.3 Å². The van der Waals surface area contributed by atoms with Crippen LogP contribution in [0.15, 0.2) is 60.0 Å². The highest BCUT2D eigenvalue weighted by atomic mass is 32.1. The molecule has 3 aromatic rings. The molecule has 0 aliphatic carbocycles. The summed E-state index contributed by atoms with van der Waals surface area (Å²) in [7, 11) is 0. The molecule has 0 radical (unpaired) electrons. The maximum Gasteiger partial charge on any atom is 0.254 e. The molecule has 174 valence electrons. The van der Waals surface area contributed by atoms with Crippen LogP contribution >= 0.6 is 11.3 Å². The minimum absolute atomic E-state index is 0.00776. The highest BCUT2D eigenvalue weighted by molar-refractivity contribution is 7.10. The van der Waals surface area contributed by atoms with Gasteiger partial charge in [0.25, 0.3) is 5.91 Å². The van der Waals surface area contributed by atoms with Crippen LogP contribution in [0.25, 0.3) is 0 Å². The molecular formula is C27H31FN2O2S. The van der Waals surface area contributed by atoms with Crippen molar-refractivity contribution in [3.8, 4) is 0 Å². The number of hydrogen-bond donors (Lipinski definition) is 0. The van der Waals surface area contributed by atoms with Crippen molar-refractivity contribution >= 4 is 23.2 Å². The Balaban J connectivity index is 1.80. The molecule has 0 fully saturated rings. The number of hydrogen-bond acceptors (Lipinski definition) is 3. The Morgan fingerprint density at radius 3 is 2.12 bits per heavy atom. The van der Waals surface area contributed by atoms with Crippen molar-refractivity contribution in [3.05, 3.63) is 92.9 Å². The smallest absolute Gasteiger partial charge is 0.254 e. The van der Waals surface area contributed by atoms with E-state index in [-0.39, 0.29) is 24.2 Å². The third-order valence-corrected chi connectivity index (χ3v) is 6.67. The van der Waals surface area contributed by atoms with Crippen LogP contribution in [0.1, 0.15) is 52.2 Å². The lowest BCUT2D eigenvalue weighted by molar-refractivity contribution is -0.133. The molecule has 0 saturated carbocycles. The Kier molecular flexibility index (Phi) is 8.78. The first-order valence-electron chi connectivity index (χ1n) is 11.3. The van der Waals surface area contributed by atoms with Crippen LogP contribution < -0.4 is 0 Å². The van der Waals surface area contributed by atoms with E-state index in [9.17, 15) is 14.0 Å². The summed E-state index contributed by atoms with van der Waals surface area (Å²) in [5.74, 6) is -0.569. The Morgan fingerprint density at radius 1 is 0.879 bits per heavy atom.